The van der Waals surface area contributed by atoms with Gasteiger partial charge in [0.2, 0.25) is 5.91 Å². The Morgan fingerprint density at radius 1 is 1.03 bits per heavy atom. The number of carbonyl (C=O) groups is 2. The van der Waals surface area contributed by atoms with Gasteiger partial charge in [0.25, 0.3) is 0 Å². The molecule has 1 aromatic carbocycles. The largest absolute Gasteiger partial charge is 0.497 e. The molecule has 3 rings (SSSR count). The molecule has 1 saturated heterocycles. The first-order chi connectivity index (χ1) is 14.0. The van der Waals surface area contributed by atoms with Crippen molar-refractivity contribution in [1.29, 1.82) is 0 Å². The van der Waals surface area contributed by atoms with Gasteiger partial charge in [0.1, 0.15) is 11.5 Å². The first-order valence-corrected chi connectivity index (χ1v) is 10.7. The summed E-state index contributed by atoms with van der Waals surface area (Å²) in [6, 6.07) is 9.19. The van der Waals surface area contributed by atoms with E-state index in [-0.39, 0.29) is 24.5 Å². The van der Waals surface area contributed by atoms with Crippen LogP contribution in [-0.4, -0.2) is 61.9 Å². The van der Waals surface area contributed by atoms with Gasteiger partial charge in [0.15, 0.2) is 5.78 Å². The van der Waals surface area contributed by atoms with Gasteiger partial charge in [-0.1, -0.05) is 11.6 Å². The zero-order chi connectivity index (χ0) is 20.8. The van der Waals surface area contributed by atoms with E-state index in [4.69, 9.17) is 21.1 Å². The number of amides is 1. The first kappa shape index (κ1) is 21.6. The zero-order valence-corrected chi connectivity index (χ0v) is 18.2. The standard InChI is InChI=1S/C21H25ClN2O4S/c1-27-16-3-5-18(28-2)15(13-16)14-23-9-11-24(12-10-23)21(26)8-4-17(25)19-6-7-20(22)29-19/h3,5-7,13H,4,8-12,14H2,1-2H3. The van der Waals surface area contributed by atoms with Crippen molar-refractivity contribution in [2.75, 3.05) is 40.4 Å². The van der Waals surface area contributed by atoms with Crippen molar-refractivity contribution in [2.24, 2.45) is 0 Å². The topological polar surface area (TPSA) is 59.1 Å². The molecule has 8 heteroatoms. The van der Waals surface area contributed by atoms with Crippen molar-refractivity contribution in [3.8, 4) is 11.5 Å². The molecule has 0 radical (unpaired) electrons. The number of piperazine rings is 1. The molecule has 0 atom stereocenters. The molecule has 0 bridgehead atoms. The number of rotatable bonds is 8. The van der Waals surface area contributed by atoms with Gasteiger partial charge in [-0.2, -0.15) is 0 Å². The lowest BCUT2D eigenvalue weighted by Crippen LogP contribution is -2.48. The van der Waals surface area contributed by atoms with Crippen LogP contribution in [0.2, 0.25) is 4.34 Å². The fraction of sp³-hybridized carbons (Fsp3) is 0.429. The summed E-state index contributed by atoms with van der Waals surface area (Å²) in [5.41, 5.74) is 1.06. The predicted molar refractivity (Wildman–Crippen MR) is 114 cm³/mol. The Morgan fingerprint density at radius 3 is 2.41 bits per heavy atom. The van der Waals surface area contributed by atoms with Crippen molar-refractivity contribution in [3.63, 3.8) is 0 Å². The van der Waals surface area contributed by atoms with Gasteiger partial charge in [-0.15, -0.1) is 11.3 Å². The average molecular weight is 437 g/mol. The number of thiophene rings is 1. The number of nitrogens with zero attached hydrogens (tertiary/aromatic N) is 2. The van der Waals surface area contributed by atoms with Gasteiger partial charge >= 0.3 is 0 Å². The minimum absolute atomic E-state index is 0.0274. The van der Waals surface area contributed by atoms with Crippen LogP contribution < -0.4 is 9.47 Å². The first-order valence-electron chi connectivity index (χ1n) is 9.49. The highest BCUT2D eigenvalue weighted by molar-refractivity contribution is 7.18. The van der Waals surface area contributed by atoms with Crippen molar-refractivity contribution in [3.05, 3.63) is 45.1 Å². The number of hydrogen-bond acceptors (Lipinski definition) is 6. The van der Waals surface area contributed by atoms with Gasteiger partial charge in [0.05, 0.1) is 23.4 Å². The Labute approximate surface area is 180 Å². The Bertz CT molecular complexity index is 862. The molecule has 0 aliphatic carbocycles. The number of Topliss-reactive ketones (excluding diaryl/α,β-unsaturated/α-hetero) is 1. The van der Waals surface area contributed by atoms with E-state index in [1.165, 1.54) is 11.3 Å². The monoisotopic (exact) mass is 436 g/mol. The van der Waals surface area contributed by atoms with Crippen LogP contribution in [0.4, 0.5) is 0 Å². The highest BCUT2D eigenvalue weighted by Crippen LogP contribution is 2.26. The molecule has 2 aromatic rings. The van der Waals surface area contributed by atoms with Gasteiger partial charge in [-0.25, -0.2) is 0 Å². The molecular weight excluding hydrogens is 412 g/mol. The normalized spacial score (nSPS) is 14.7. The molecule has 156 valence electrons. The Kier molecular flexibility index (Phi) is 7.52. The third-order valence-corrected chi connectivity index (χ3v) is 6.29. The van der Waals surface area contributed by atoms with E-state index < -0.39 is 0 Å². The number of ketones is 1. The number of benzene rings is 1. The minimum Gasteiger partial charge on any atom is -0.497 e. The lowest BCUT2D eigenvalue weighted by atomic mass is 10.1. The van der Waals surface area contributed by atoms with Crippen LogP contribution in [0.15, 0.2) is 30.3 Å². The fourth-order valence-electron chi connectivity index (χ4n) is 3.37. The molecule has 0 N–H and O–H groups in total. The molecule has 1 amide bonds. The second kappa shape index (κ2) is 10.1. The third-order valence-electron chi connectivity index (χ3n) is 5.02. The molecule has 0 unspecified atom stereocenters. The van der Waals surface area contributed by atoms with E-state index in [1.807, 2.05) is 23.1 Å². The van der Waals surface area contributed by atoms with Crippen LogP contribution >= 0.6 is 22.9 Å². The minimum atomic E-state index is -0.0287. The van der Waals surface area contributed by atoms with Crippen LogP contribution in [0, 0.1) is 0 Å². The summed E-state index contributed by atoms with van der Waals surface area (Å²) in [4.78, 5) is 29.4. The van der Waals surface area contributed by atoms with Crippen LogP contribution in [-0.2, 0) is 11.3 Å². The van der Waals surface area contributed by atoms with E-state index in [1.54, 1.807) is 26.4 Å². The summed E-state index contributed by atoms with van der Waals surface area (Å²) in [5.74, 6) is 1.63. The third kappa shape index (κ3) is 5.72. The summed E-state index contributed by atoms with van der Waals surface area (Å²) < 4.78 is 11.3. The van der Waals surface area contributed by atoms with E-state index in [0.29, 0.717) is 22.3 Å². The number of hydrogen-bond donors (Lipinski definition) is 0. The van der Waals surface area contributed by atoms with Crippen molar-refractivity contribution < 1.29 is 19.1 Å². The fourth-order valence-corrected chi connectivity index (χ4v) is 4.38. The number of ether oxygens (including phenoxy) is 2. The smallest absolute Gasteiger partial charge is 0.223 e. The maximum Gasteiger partial charge on any atom is 0.223 e. The quantitative estimate of drug-likeness (QED) is 0.590. The maximum atomic E-state index is 12.5. The van der Waals surface area contributed by atoms with Crippen LogP contribution in [0.5, 0.6) is 11.5 Å². The maximum absolute atomic E-state index is 12.5. The average Bonchev–Trinajstić information content (AvgIpc) is 3.18. The molecule has 1 fully saturated rings. The van der Waals surface area contributed by atoms with E-state index in [9.17, 15) is 9.59 Å². The molecule has 29 heavy (non-hydrogen) atoms. The molecule has 0 saturated carbocycles. The Hall–Kier alpha value is -2.09. The molecule has 1 aliphatic rings. The summed E-state index contributed by atoms with van der Waals surface area (Å²) in [6.45, 7) is 3.61. The molecular formula is C21H25ClN2O4S. The lowest BCUT2D eigenvalue weighted by Gasteiger charge is -2.35. The SMILES string of the molecule is COc1ccc(OC)c(CN2CCN(C(=O)CCC(=O)c3ccc(Cl)s3)CC2)c1. The second-order valence-corrected chi connectivity index (χ2v) is 8.58. The van der Waals surface area contributed by atoms with Gasteiger partial charge in [-0.3, -0.25) is 14.5 Å². The van der Waals surface area contributed by atoms with Gasteiger partial charge < -0.3 is 14.4 Å². The molecule has 0 spiro atoms. The Morgan fingerprint density at radius 2 is 1.79 bits per heavy atom. The van der Waals surface area contributed by atoms with Crippen molar-refractivity contribution in [2.45, 2.75) is 19.4 Å². The molecule has 6 nitrogen and oxygen atoms in total. The van der Waals surface area contributed by atoms with Crippen molar-refractivity contribution >= 4 is 34.6 Å². The van der Waals surface area contributed by atoms with Gasteiger partial charge in [-0.05, 0) is 30.3 Å². The summed E-state index contributed by atoms with van der Waals surface area (Å²) in [6.07, 6.45) is 0.453. The lowest BCUT2D eigenvalue weighted by molar-refractivity contribution is -0.133. The Balaban J connectivity index is 1.47. The predicted octanol–water partition coefficient (Wildman–Crippen LogP) is 3.73. The number of methoxy groups -OCH3 is 2. The summed E-state index contributed by atoms with van der Waals surface area (Å²) >= 11 is 7.12. The van der Waals surface area contributed by atoms with Crippen LogP contribution in [0.25, 0.3) is 0 Å². The zero-order valence-electron chi connectivity index (χ0n) is 16.7. The number of carbonyl (C=O) groups excluding carboxylic acids is 2. The molecule has 1 aliphatic heterocycles. The van der Waals surface area contributed by atoms with Crippen LogP contribution in [0.1, 0.15) is 28.1 Å². The summed E-state index contributed by atoms with van der Waals surface area (Å²) in [7, 11) is 3.31. The highest BCUT2D eigenvalue weighted by Gasteiger charge is 2.23. The van der Waals surface area contributed by atoms with E-state index in [2.05, 4.69) is 4.90 Å². The van der Waals surface area contributed by atoms with E-state index >= 15 is 0 Å². The molecule has 1 aromatic heterocycles. The van der Waals surface area contributed by atoms with Gasteiger partial charge in [0, 0.05) is 51.1 Å². The van der Waals surface area contributed by atoms with Crippen LogP contribution in [0.3, 0.4) is 0 Å². The van der Waals surface area contributed by atoms with Crippen molar-refractivity contribution in [1.82, 2.24) is 9.80 Å². The summed E-state index contributed by atoms with van der Waals surface area (Å²) in [5, 5.41) is 0. The highest BCUT2D eigenvalue weighted by atomic mass is 35.5. The number of halogens is 1. The van der Waals surface area contributed by atoms with E-state index in [0.717, 1.165) is 36.7 Å². The molecule has 2 heterocycles. The second-order valence-electron chi connectivity index (χ2n) is 6.86.